The minimum Gasteiger partial charge on any atom is -0.328 e. The first kappa shape index (κ1) is 17.6. The lowest BCUT2D eigenvalue weighted by atomic mass is 9.82. The van der Waals surface area contributed by atoms with Gasteiger partial charge in [0, 0.05) is 12.5 Å². The number of rotatable bonds is 9. The molecule has 2 nitrogen and oxygen atoms in total. The molecular formula is C16H33NO. The highest BCUT2D eigenvalue weighted by Gasteiger charge is 2.20. The molecule has 108 valence electrons. The molecular weight excluding hydrogens is 222 g/mol. The first-order chi connectivity index (χ1) is 8.16. The zero-order chi connectivity index (χ0) is 14.2. The number of hydrogen-bond acceptors (Lipinski definition) is 2. The Hall–Kier alpha value is -0.370. The number of nitrogens with two attached hydrogens (primary N) is 1. The molecule has 0 aromatic carbocycles. The van der Waals surface area contributed by atoms with Gasteiger partial charge in [0.1, 0.15) is 6.29 Å². The van der Waals surface area contributed by atoms with Crippen LogP contribution in [0.3, 0.4) is 0 Å². The fraction of sp³-hybridized carbons (Fsp3) is 0.938. The molecule has 0 spiro atoms. The average Bonchev–Trinajstić information content (AvgIpc) is 2.13. The van der Waals surface area contributed by atoms with Crippen LogP contribution in [0.25, 0.3) is 0 Å². The lowest BCUT2D eigenvalue weighted by molar-refractivity contribution is -0.109. The molecule has 0 heterocycles. The van der Waals surface area contributed by atoms with E-state index in [1.54, 1.807) is 0 Å². The number of carbonyl (C=O) groups excluding carboxylic acids is 1. The fourth-order valence-corrected chi connectivity index (χ4v) is 2.36. The maximum absolute atomic E-state index is 10.6. The quantitative estimate of drug-likeness (QED) is 0.492. The average molecular weight is 255 g/mol. The minimum absolute atomic E-state index is 0.0621. The Labute approximate surface area is 114 Å². The molecule has 0 aliphatic rings. The van der Waals surface area contributed by atoms with E-state index in [9.17, 15) is 4.79 Å². The number of unbranched alkanes of at least 4 members (excludes halogenated alkanes) is 2. The SMILES string of the molecule is CC(C)(C)CCCCCC(N)CC(C)(C)CC=O. The monoisotopic (exact) mass is 255 g/mol. The summed E-state index contributed by atoms with van der Waals surface area (Å²) in [6.07, 6.45) is 8.75. The Bertz CT molecular complexity index is 228. The molecule has 0 rings (SSSR count). The number of carbonyl (C=O) groups is 1. The normalized spacial score (nSPS) is 14.6. The molecule has 0 aromatic heterocycles. The summed E-state index contributed by atoms with van der Waals surface area (Å²) in [4.78, 5) is 10.6. The second kappa shape index (κ2) is 7.93. The van der Waals surface area contributed by atoms with Gasteiger partial charge in [-0.25, -0.2) is 0 Å². The summed E-state index contributed by atoms with van der Waals surface area (Å²) in [6, 6.07) is 0.245. The Morgan fingerprint density at radius 2 is 1.67 bits per heavy atom. The molecule has 2 heteroatoms. The van der Waals surface area contributed by atoms with Crippen LogP contribution in [-0.2, 0) is 4.79 Å². The largest absolute Gasteiger partial charge is 0.328 e. The van der Waals surface area contributed by atoms with E-state index < -0.39 is 0 Å². The molecule has 0 fully saturated rings. The predicted molar refractivity (Wildman–Crippen MR) is 79.6 cm³/mol. The molecule has 1 unspecified atom stereocenters. The Balaban J connectivity index is 3.65. The van der Waals surface area contributed by atoms with Gasteiger partial charge in [-0.15, -0.1) is 0 Å². The second-order valence-electron chi connectivity index (χ2n) is 7.66. The third-order valence-electron chi connectivity index (χ3n) is 3.45. The van der Waals surface area contributed by atoms with Gasteiger partial charge in [-0.05, 0) is 30.1 Å². The van der Waals surface area contributed by atoms with Crippen LogP contribution < -0.4 is 5.73 Å². The fourth-order valence-electron chi connectivity index (χ4n) is 2.36. The zero-order valence-electron chi connectivity index (χ0n) is 13.1. The first-order valence-electron chi connectivity index (χ1n) is 7.35. The van der Waals surface area contributed by atoms with Crippen LogP contribution in [0.4, 0.5) is 0 Å². The number of aldehydes is 1. The molecule has 0 saturated carbocycles. The van der Waals surface area contributed by atoms with Crippen LogP contribution in [0, 0.1) is 10.8 Å². The first-order valence-corrected chi connectivity index (χ1v) is 7.35. The summed E-state index contributed by atoms with van der Waals surface area (Å²) in [5, 5.41) is 0. The van der Waals surface area contributed by atoms with Crippen molar-refractivity contribution in [2.24, 2.45) is 16.6 Å². The smallest absolute Gasteiger partial charge is 0.120 e. The third-order valence-corrected chi connectivity index (χ3v) is 3.45. The van der Waals surface area contributed by atoms with Crippen molar-refractivity contribution in [3.8, 4) is 0 Å². The highest BCUT2D eigenvalue weighted by molar-refractivity contribution is 5.50. The highest BCUT2D eigenvalue weighted by atomic mass is 16.1. The van der Waals surface area contributed by atoms with Crippen molar-refractivity contribution in [3.05, 3.63) is 0 Å². The predicted octanol–water partition coefficient (Wildman–Crippen LogP) is 4.32. The molecule has 0 radical (unpaired) electrons. The Morgan fingerprint density at radius 1 is 1.06 bits per heavy atom. The molecule has 2 N–H and O–H groups in total. The van der Waals surface area contributed by atoms with Crippen molar-refractivity contribution in [1.82, 2.24) is 0 Å². The maximum Gasteiger partial charge on any atom is 0.120 e. The summed E-state index contributed by atoms with van der Waals surface area (Å²) < 4.78 is 0. The van der Waals surface area contributed by atoms with E-state index in [1.807, 2.05) is 0 Å². The van der Waals surface area contributed by atoms with Crippen LogP contribution in [0.5, 0.6) is 0 Å². The second-order valence-corrected chi connectivity index (χ2v) is 7.66. The molecule has 0 bridgehead atoms. The van der Waals surface area contributed by atoms with Crippen molar-refractivity contribution in [2.45, 2.75) is 85.6 Å². The minimum atomic E-state index is 0.0621. The maximum atomic E-state index is 10.6. The topological polar surface area (TPSA) is 43.1 Å². The van der Waals surface area contributed by atoms with Crippen LogP contribution in [0.1, 0.15) is 79.6 Å². The summed E-state index contributed by atoms with van der Waals surface area (Å²) in [5.41, 5.74) is 6.66. The molecule has 0 aromatic rings. The van der Waals surface area contributed by atoms with Crippen molar-refractivity contribution in [2.75, 3.05) is 0 Å². The summed E-state index contributed by atoms with van der Waals surface area (Å²) >= 11 is 0. The van der Waals surface area contributed by atoms with Crippen molar-refractivity contribution in [1.29, 1.82) is 0 Å². The van der Waals surface area contributed by atoms with Gasteiger partial charge >= 0.3 is 0 Å². The molecule has 18 heavy (non-hydrogen) atoms. The van der Waals surface area contributed by atoms with Crippen LogP contribution in [-0.4, -0.2) is 12.3 Å². The van der Waals surface area contributed by atoms with Crippen LogP contribution in [0.2, 0.25) is 0 Å². The van der Waals surface area contributed by atoms with Gasteiger partial charge in [-0.1, -0.05) is 53.9 Å². The van der Waals surface area contributed by atoms with Gasteiger partial charge in [-0.3, -0.25) is 0 Å². The van der Waals surface area contributed by atoms with Gasteiger partial charge in [0.2, 0.25) is 0 Å². The van der Waals surface area contributed by atoms with E-state index in [2.05, 4.69) is 34.6 Å². The van der Waals surface area contributed by atoms with Gasteiger partial charge in [0.05, 0.1) is 0 Å². The van der Waals surface area contributed by atoms with Crippen molar-refractivity contribution >= 4 is 6.29 Å². The van der Waals surface area contributed by atoms with Crippen molar-refractivity contribution < 1.29 is 4.79 Å². The van der Waals surface area contributed by atoms with E-state index in [0.29, 0.717) is 11.8 Å². The van der Waals surface area contributed by atoms with E-state index in [1.165, 1.54) is 25.7 Å². The van der Waals surface area contributed by atoms with E-state index >= 15 is 0 Å². The van der Waals surface area contributed by atoms with Crippen LogP contribution >= 0.6 is 0 Å². The van der Waals surface area contributed by atoms with Gasteiger partial charge < -0.3 is 10.5 Å². The summed E-state index contributed by atoms with van der Waals surface area (Å²) in [5.74, 6) is 0. The van der Waals surface area contributed by atoms with Gasteiger partial charge in [-0.2, -0.15) is 0 Å². The zero-order valence-corrected chi connectivity index (χ0v) is 13.1. The third kappa shape index (κ3) is 10.8. The summed E-state index contributed by atoms with van der Waals surface area (Å²) in [6.45, 7) is 11.1. The molecule has 0 aliphatic heterocycles. The molecule has 1 atom stereocenters. The van der Waals surface area contributed by atoms with Crippen molar-refractivity contribution in [3.63, 3.8) is 0 Å². The van der Waals surface area contributed by atoms with Gasteiger partial charge in [0.25, 0.3) is 0 Å². The lowest BCUT2D eigenvalue weighted by Crippen LogP contribution is -2.28. The van der Waals surface area contributed by atoms with E-state index in [-0.39, 0.29) is 11.5 Å². The summed E-state index contributed by atoms with van der Waals surface area (Å²) in [7, 11) is 0. The molecule has 0 aliphatic carbocycles. The van der Waals surface area contributed by atoms with E-state index in [0.717, 1.165) is 19.1 Å². The van der Waals surface area contributed by atoms with Crippen LogP contribution in [0.15, 0.2) is 0 Å². The standard InChI is InChI=1S/C16H33NO/c1-15(2,3)10-8-6-7-9-14(17)13-16(4,5)11-12-18/h12,14H,6-11,13,17H2,1-5H3. The lowest BCUT2D eigenvalue weighted by Gasteiger charge is -2.26. The Morgan fingerprint density at radius 3 is 2.17 bits per heavy atom. The Kier molecular flexibility index (Phi) is 7.77. The molecule has 0 amide bonds. The van der Waals surface area contributed by atoms with E-state index in [4.69, 9.17) is 5.73 Å². The highest BCUT2D eigenvalue weighted by Crippen LogP contribution is 2.27. The van der Waals surface area contributed by atoms with Gasteiger partial charge in [0.15, 0.2) is 0 Å². The number of hydrogen-bond donors (Lipinski definition) is 1. The molecule has 0 saturated heterocycles.